The molecule has 0 unspecified atom stereocenters. The molecular weight excluding hydrogens is 214 g/mol. The van der Waals surface area contributed by atoms with Crippen molar-refractivity contribution >= 4 is 0 Å². The molecule has 0 aliphatic carbocycles. The van der Waals surface area contributed by atoms with Gasteiger partial charge < -0.3 is 0 Å². The molecule has 0 N–H and O–H groups in total. The molecule has 1 aromatic heterocycles. The summed E-state index contributed by atoms with van der Waals surface area (Å²) in [6.45, 7) is 0. The van der Waals surface area contributed by atoms with Crippen LogP contribution in [0.3, 0.4) is 0 Å². The minimum Gasteiger partial charge on any atom is -0.265 e. The molecule has 0 aliphatic rings. The zero-order chi connectivity index (χ0) is 12.1. The van der Waals surface area contributed by atoms with Gasteiger partial charge in [-0.15, -0.1) is 16.6 Å². The smallest absolute Gasteiger partial charge is 0.0267 e. The van der Waals surface area contributed by atoms with Crippen LogP contribution < -0.4 is 0 Å². The van der Waals surface area contributed by atoms with E-state index < -0.39 is 0 Å². The fourth-order valence-corrected chi connectivity index (χ4v) is 0.474. The molecule has 0 fully saturated rings. The molecule has 1 rings (SSSR count). The van der Waals surface area contributed by atoms with Crippen LogP contribution in [0.25, 0.3) is 31.3 Å². The van der Waals surface area contributed by atoms with Gasteiger partial charge in [0.1, 0.15) is 0 Å². The minimum absolute atomic E-state index is 0.167. The Morgan fingerprint density at radius 1 is 0.812 bits per heavy atom. The summed E-state index contributed by atoms with van der Waals surface area (Å²) in [5.41, 5.74) is 23.2. The first-order valence-electron chi connectivity index (χ1n) is 3.65. The van der Waals surface area contributed by atoms with Gasteiger partial charge in [0, 0.05) is 28.1 Å². The highest BCUT2D eigenvalue weighted by Crippen LogP contribution is 1.92. The van der Waals surface area contributed by atoms with Gasteiger partial charge in [-0.05, 0) is 12.1 Å². The number of aromatic nitrogens is 1. The average molecular weight is 219 g/mol. The Balaban J connectivity index is 0.000000315. The van der Waals surface area contributed by atoms with Gasteiger partial charge in [0.25, 0.3) is 0 Å². The minimum atomic E-state index is 0.167. The highest BCUT2D eigenvalue weighted by Gasteiger charge is 1.85. The van der Waals surface area contributed by atoms with E-state index in [2.05, 4.69) is 35.4 Å². The zero-order valence-electron chi connectivity index (χ0n) is 7.81. The van der Waals surface area contributed by atoms with Crippen molar-refractivity contribution in [2.75, 3.05) is 0 Å². The van der Waals surface area contributed by atoms with E-state index in [4.69, 9.17) is 16.6 Å². The van der Waals surface area contributed by atoms with Crippen molar-refractivity contribution in [3.63, 3.8) is 0 Å². The molecule has 11 nitrogen and oxygen atoms in total. The van der Waals surface area contributed by atoms with Crippen LogP contribution in [0.15, 0.2) is 46.3 Å². The van der Waals surface area contributed by atoms with Crippen LogP contribution in [-0.2, 0) is 0 Å². The van der Waals surface area contributed by atoms with Crippen molar-refractivity contribution in [2.45, 2.75) is 0 Å². The molecule has 0 amide bonds. The Labute approximate surface area is 88.7 Å². The van der Waals surface area contributed by atoms with Crippen molar-refractivity contribution < 1.29 is 0 Å². The molecule has 0 radical (unpaired) electrons. The van der Waals surface area contributed by atoms with Crippen LogP contribution in [0.2, 0.25) is 0 Å². The van der Waals surface area contributed by atoms with E-state index in [1.165, 1.54) is 0 Å². The van der Waals surface area contributed by atoms with Gasteiger partial charge in [-0.25, -0.2) is 0 Å². The van der Waals surface area contributed by atoms with Crippen LogP contribution in [-0.4, -0.2) is 10.2 Å². The second-order valence-electron chi connectivity index (χ2n) is 1.83. The molecule has 11 heteroatoms. The van der Waals surface area contributed by atoms with Crippen LogP contribution in [0.5, 0.6) is 0 Å². The van der Waals surface area contributed by atoms with E-state index in [-0.39, 0.29) is 5.23 Å². The van der Waals surface area contributed by atoms with Gasteiger partial charge in [-0.3, -0.25) is 4.98 Å². The summed E-state index contributed by atoms with van der Waals surface area (Å²) in [6.07, 6.45) is 3.50. The number of pyridine rings is 1. The molecule has 0 spiro atoms. The van der Waals surface area contributed by atoms with E-state index in [1.54, 1.807) is 12.4 Å². The fourth-order valence-electron chi connectivity index (χ4n) is 0.474. The topological polar surface area (TPSA) is 162 Å². The van der Waals surface area contributed by atoms with Gasteiger partial charge in [0.2, 0.25) is 0 Å². The maximum absolute atomic E-state index is 7.74. The van der Waals surface area contributed by atoms with E-state index in [1.807, 2.05) is 18.2 Å². The van der Waals surface area contributed by atoms with Crippen molar-refractivity contribution in [3.8, 4) is 0 Å². The van der Waals surface area contributed by atoms with E-state index in [9.17, 15) is 0 Å². The SMILES string of the molecule is [N-]=[N+]=NN(N=[N+]=[N-])N=[N+]=[N-].c1ccncc1. The lowest BCUT2D eigenvalue weighted by Crippen LogP contribution is -1.93. The van der Waals surface area contributed by atoms with Crippen LogP contribution >= 0.6 is 0 Å². The third-order valence-electron chi connectivity index (χ3n) is 0.926. The maximum Gasteiger partial charge on any atom is 0.0267 e. The van der Waals surface area contributed by atoms with Gasteiger partial charge in [0.05, 0.1) is 0 Å². The lowest BCUT2D eigenvalue weighted by Gasteiger charge is -1.94. The zero-order valence-corrected chi connectivity index (χ0v) is 7.81. The number of azide groups is 1. The summed E-state index contributed by atoms with van der Waals surface area (Å²) < 4.78 is 0. The summed E-state index contributed by atoms with van der Waals surface area (Å²) in [5, 5.41) is 8.20. The molecule has 0 aliphatic heterocycles. The second-order valence-corrected chi connectivity index (χ2v) is 1.83. The first-order chi connectivity index (χ1) is 7.85. The standard InChI is InChI=1S/C5H5N.N10/c1-2-4-6-5-3-1;1-4-7-10(8-5-2)9-6-3/h1-5H;. The fraction of sp³-hybridized carbons (Fsp3) is 0. The summed E-state index contributed by atoms with van der Waals surface area (Å²) in [4.78, 5) is 10.4. The lowest BCUT2D eigenvalue weighted by atomic mass is 10.5. The number of rotatable bonds is 3. The first kappa shape index (κ1) is 12.9. The molecule has 16 heavy (non-hydrogen) atoms. The largest absolute Gasteiger partial charge is 0.265 e. The summed E-state index contributed by atoms with van der Waals surface area (Å²) in [6, 6.07) is 5.72. The van der Waals surface area contributed by atoms with Crippen LogP contribution in [0.1, 0.15) is 0 Å². The third-order valence-corrected chi connectivity index (χ3v) is 0.926. The lowest BCUT2D eigenvalue weighted by molar-refractivity contribution is 0.304. The summed E-state index contributed by atoms with van der Waals surface area (Å²) in [7, 11) is 0. The van der Waals surface area contributed by atoms with E-state index >= 15 is 0 Å². The van der Waals surface area contributed by atoms with Crippen molar-refractivity contribution in [1.82, 2.24) is 10.2 Å². The van der Waals surface area contributed by atoms with Crippen LogP contribution in [0, 0.1) is 0 Å². The average Bonchev–Trinajstić information content (AvgIpc) is 2.33. The molecule has 0 saturated heterocycles. The molecule has 0 atom stereocenters. The van der Waals surface area contributed by atoms with Crippen LogP contribution in [0.4, 0.5) is 0 Å². The third kappa shape index (κ3) is 7.53. The normalized spacial score (nSPS) is 6.75. The van der Waals surface area contributed by atoms with Crippen molar-refractivity contribution in [2.24, 2.45) is 15.7 Å². The molecule has 0 aromatic carbocycles. The van der Waals surface area contributed by atoms with E-state index in [0.29, 0.717) is 0 Å². The Hall–Kier alpha value is -3.12. The predicted molar refractivity (Wildman–Crippen MR) is 53.5 cm³/mol. The highest BCUT2D eigenvalue weighted by atomic mass is 15.9. The van der Waals surface area contributed by atoms with Crippen molar-refractivity contribution in [3.05, 3.63) is 61.9 Å². The Kier molecular flexibility index (Phi) is 8.02. The van der Waals surface area contributed by atoms with Gasteiger partial charge in [-0.2, -0.15) is 14.7 Å². The molecule has 1 aromatic rings. The van der Waals surface area contributed by atoms with Gasteiger partial charge >= 0.3 is 0 Å². The summed E-state index contributed by atoms with van der Waals surface area (Å²) >= 11 is 0. The molecule has 1 heterocycles. The number of nitrogens with zero attached hydrogens (tertiary/aromatic N) is 11. The molecule has 0 bridgehead atoms. The summed E-state index contributed by atoms with van der Waals surface area (Å²) in [5.74, 6) is 0. The predicted octanol–water partition coefficient (Wildman–Crippen LogP) is 3.05. The maximum atomic E-state index is 7.74. The molecule has 80 valence electrons. The first-order valence-corrected chi connectivity index (χ1v) is 3.65. The number of hydrogen-bond acceptors (Lipinski definition) is 4. The number of hydrogen-bond donors (Lipinski definition) is 0. The van der Waals surface area contributed by atoms with Gasteiger partial charge in [-0.1, -0.05) is 11.3 Å². The highest BCUT2D eigenvalue weighted by molar-refractivity contribution is 4.88. The molecular formula is C5H5N11. The second kappa shape index (κ2) is 9.96. The Morgan fingerprint density at radius 2 is 1.25 bits per heavy atom. The molecule has 0 saturated carbocycles. The Bertz CT molecular complexity index is 351. The van der Waals surface area contributed by atoms with Crippen molar-refractivity contribution in [1.29, 1.82) is 0 Å². The van der Waals surface area contributed by atoms with E-state index in [0.717, 1.165) is 0 Å². The monoisotopic (exact) mass is 219 g/mol. The quantitative estimate of drug-likeness (QED) is 0.330. The van der Waals surface area contributed by atoms with Gasteiger partial charge in [0.15, 0.2) is 0 Å². The Morgan fingerprint density at radius 3 is 1.44 bits per heavy atom.